The van der Waals surface area contributed by atoms with Crippen molar-refractivity contribution in [1.82, 2.24) is 0 Å². The summed E-state index contributed by atoms with van der Waals surface area (Å²) in [6, 6.07) is 0. The van der Waals surface area contributed by atoms with Crippen molar-refractivity contribution < 1.29 is 19.3 Å². The summed E-state index contributed by atoms with van der Waals surface area (Å²) in [6.07, 6.45) is 3.91. The molecule has 0 unspecified atom stereocenters. The molecule has 4 nitrogen and oxygen atoms in total. The van der Waals surface area contributed by atoms with Gasteiger partial charge in [0.1, 0.15) is 0 Å². The van der Waals surface area contributed by atoms with Gasteiger partial charge in [0.05, 0.1) is 13.2 Å². The van der Waals surface area contributed by atoms with Crippen LogP contribution in [-0.4, -0.2) is 26.5 Å². The molecule has 0 bridgehead atoms. The van der Waals surface area contributed by atoms with Crippen LogP contribution in [0.1, 0.15) is 52.4 Å². The van der Waals surface area contributed by atoms with Crippen LogP contribution in [0.4, 0.5) is 0 Å². The minimum absolute atomic E-state index is 0.388. The lowest BCUT2D eigenvalue weighted by atomic mass is 10.3. The van der Waals surface area contributed by atoms with Crippen LogP contribution in [0.15, 0.2) is 0 Å². The fourth-order valence-corrected chi connectivity index (χ4v) is 1.26. The summed E-state index contributed by atoms with van der Waals surface area (Å²) < 4.78 is 14.8. The van der Waals surface area contributed by atoms with Crippen LogP contribution in [0.3, 0.4) is 0 Å². The van der Waals surface area contributed by atoms with E-state index in [0.717, 1.165) is 38.5 Å². The van der Waals surface area contributed by atoms with Gasteiger partial charge in [-0.2, -0.15) is 0 Å². The number of rotatable bonds is 11. The zero-order valence-corrected chi connectivity index (χ0v) is 10.8. The number of unbranched alkanes of at least 4 members (excludes halogenated alkanes) is 4. The minimum atomic E-state index is -2.11. The maximum Gasteiger partial charge on any atom is 0.439 e. The molecule has 0 aliphatic heterocycles. The predicted molar refractivity (Wildman–Crippen MR) is 61.4 cm³/mol. The van der Waals surface area contributed by atoms with E-state index in [-0.39, 0.29) is 0 Å². The molecular weight excluding hydrogens is 208 g/mol. The van der Waals surface area contributed by atoms with Crippen LogP contribution in [0.5, 0.6) is 0 Å². The molecule has 0 aromatic carbocycles. The molecule has 1 radical (unpaired) electrons. The Morgan fingerprint density at radius 1 is 0.875 bits per heavy atom. The van der Waals surface area contributed by atoms with Crippen molar-refractivity contribution in [3.8, 4) is 0 Å². The normalized spacial score (nSPS) is 12.0. The largest absolute Gasteiger partial charge is 0.439 e. The van der Waals surface area contributed by atoms with E-state index in [0.29, 0.717) is 13.2 Å². The Labute approximate surface area is 98.9 Å². The number of methoxy groups -OCH3 is 1. The molecule has 0 atom stereocenters. The van der Waals surface area contributed by atoms with E-state index in [1.807, 2.05) is 0 Å². The Kier molecular flexibility index (Phi) is 9.92. The van der Waals surface area contributed by atoms with E-state index in [4.69, 9.17) is 14.2 Å². The number of hydrogen-bond donors (Lipinski definition) is 0. The predicted octanol–water partition coefficient (Wildman–Crippen LogP) is 3.09. The smallest absolute Gasteiger partial charge is 0.305 e. The summed E-state index contributed by atoms with van der Waals surface area (Å²) in [5.74, 6) is 0. The van der Waals surface area contributed by atoms with Gasteiger partial charge in [0.2, 0.25) is 0 Å². The molecule has 0 saturated heterocycles. The molecule has 97 valence electrons. The number of ether oxygens (including phenoxy) is 3. The Morgan fingerprint density at radius 3 is 1.62 bits per heavy atom. The Morgan fingerprint density at radius 2 is 1.31 bits per heavy atom. The third-order valence-corrected chi connectivity index (χ3v) is 2.30. The molecule has 0 heterocycles. The third-order valence-electron chi connectivity index (χ3n) is 2.30. The molecule has 0 N–H and O–H groups in total. The molecule has 0 fully saturated rings. The van der Waals surface area contributed by atoms with Crippen molar-refractivity contribution in [3.63, 3.8) is 0 Å². The maximum atomic E-state index is 11.7. The Hall–Kier alpha value is -0.160. The summed E-state index contributed by atoms with van der Waals surface area (Å²) in [6.45, 7) is 4.97. The first-order chi connectivity index (χ1) is 7.68. The summed E-state index contributed by atoms with van der Waals surface area (Å²) in [5, 5.41) is 11.7. The highest BCUT2D eigenvalue weighted by Gasteiger charge is 2.31. The lowest BCUT2D eigenvalue weighted by Gasteiger charge is -2.23. The summed E-state index contributed by atoms with van der Waals surface area (Å²) in [5.41, 5.74) is 0. The van der Waals surface area contributed by atoms with Crippen molar-refractivity contribution in [2.75, 3.05) is 20.3 Å². The van der Waals surface area contributed by atoms with Crippen molar-refractivity contribution in [2.45, 2.75) is 58.5 Å². The molecule has 0 aliphatic rings. The van der Waals surface area contributed by atoms with Gasteiger partial charge in [0, 0.05) is 7.11 Å². The zero-order valence-electron chi connectivity index (χ0n) is 10.8. The molecule has 0 rings (SSSR count). The maximum absolute atomic E-state index is 11.7. The van der Waals surface area contributed by atoms with Gasteiger partial charge in [-0.3, -0.25) is 0 Å². The fourth-order valence-electron chi connectivity index (χ4n) is 1.26. The van der Waals surface area contributed by atoms with Crippen LogP contribution in [-0.2, 0) is 19.3 Å². The van der Waals surface area contributed by atoms with Gasteiger partial charge in [-0.25, -0.2) is 0 Å². The summed E-state index contributed by atoms with van der Waals surface area (Å²) in [7, 11) is 1.31. The van der Waals surface area contributed by atoms with E-state index in [1.54, 1.807) is 0 Å². The van der Waals surface area contributed by atoms with Crippen molar-refractivity contribution in [2.24, 2.45) is 0 Å². The van der Waals surface area contributed by atoms with Gasteiger partial charge >= 0.3 is 6.16 Å². The summed E-state index contributed by atoms with van der Waals surface area (Å²) in [4.78, 5) is 0. The van der Waals surface area contributed by atoms with Gasteiger partial charge < -0.3 is 14.2 Å². The van der Waals surface area contributed by atoms with Crippen LogP contribution in [0.2, 0.25) is 0 Å². The van der Waals surface area contributed by atoms with Gasteiger partial charge in [-0.1, -0.05) is 39.5 Å². The van der Waals surface area contributed by atoms with Gasteiger partial charge in [-0.05, 0) is 12.8 Å². The highest BCUT2D eigenvalue weighted by Crippen LogP contribution is 2.13. The van der Waals surface area contributed by atoms with Crippen molar-refractivity contribution in [3.05, 3.63) is 0 Å². The lowest BCUT2D eigenvalue weighted by Crippen LogP contribution is -2.37. The molecule has 4 heteroatoms. The highest BCUT2D eigenvalue weighted by molar-refractivity contribution is 4.42. The second-order valence-corrected chi connectivity index (χ2v) is 3.82. The van der Waals surface area contributed by atoms with Crippen molar-refractivity contribution >= 4 is 0 Å². The second kappa shape index (κ2) is 10.0. The van der Waals surface area contributed by atoms with E-state index in [2.05, 4.69) is 13.8 Å². The van der Waals surface area contributed by atoms with Crippen LogP contribution in [0.25, 0.3) is 0 Å². The molecule has 0 aromatic heterocycles. The van der Waals surface area contributed by atoms with Crippen LogP contribution < -0.4 is 0 Å². The average molecular weight is 233 g/mol. The lowest BCUT2D eigenvalue weighted by molar-refractivity contribution is -0.501. The first kappa shape index (κ1) is 15.8. The van der Waals surface area contributed by atoms with E-state index in [9.17, 15) is 5.11 Å². The topological polar surface area (TPSA) is 47.6 Å². The monoisotopic (exact) mass is 233 g/mol. The van der Waals surface area contributed by atoms with E-state index < -0.39 is 6.16 Å². The van der Waals surface area contributed by atoms with Crippen molar-refractivity contribution in [1.29, 1.82) is 0 Å². The molecule has 0 saturated carbocycles. The van der Waals surface area contributed by atoms with E-state index in [1.165, 1.54) is 7.11 Å². The molecule has 0 spiro atoms. The first-order valence-corrected chi connectivity index (χ1v) is 6.22. The van der Waals surface area contributed by atoms with Crippen LogP contribution in [0, 0.1) is 0 Å². The van der Waals surface area contributed by atoms with E-state index >= 15 is 0 Å². The molecule has 0 aromatic rings. The third kappa shape index (κ3) is 8.05. The molecule has 0 aliphatic carbocycles. The summed E-state index contributed by atoms with van der Waals surface area (Å²) >= 11 is 0. The standard InChI is InChI=1S/C12H25O4/c1-4-6-8-10-15-12(13,14-3)16-11-9-7-5-2/h4-11H2,1-3H3. The SMILES string of the molecule is CCCCCOC([O])(OC)OCCCCC. The van der Waals surface area contributed by atoms with Crippen LogP contribution >= 0.6 is 0 Å². The zero-order chi connectivity index (χ0) is 12.3. The van der Waals surface area contributed by atoms with Gasteiger partial charge in [0.15, 0.2) is 0 Å². The molecule has 16 heavy (non-hydrogen) atoms. The molecular formula is C12H25O4. The molecule has 0 amide bonds. The Bertz CT molecular complexity index is 138. The second-order valence-electron chi connectivity index (χ2n) is 3.82. The number of hydrogen-bond acceptors (Lipinski definition) is 3. The average Bonchev–Trinajstić information content (AvgIpc) is 2.31. The highest BCUT2D eigenvalue weighted by atomic mass is 17.0. The minimum Gasteiger partial charge on any atom is -0.305 e. The fraction of sp³-hybridized carbons (Fsp3) is 1.00. The first-order valence-electron chi connectivity index (χ1n) is 6.22. The quantitative estimate of drug-likeness (QED) is 0.407. The Balaban J connectivity index is 3.64. The van der Waals surface area contributed by atoms with Gasteiger partial charge in [-0.15, -0.1) is 5.11 Å². The van der Waals surface area contributed by atoms with Gasteiger partial charge in [0.25, 0.3) is 0 Å².